The summed E-state index contributed by atoms with van der Waals surface area (Å²) in [6, 6.07) is 0. The maximum Gasteiger partial charge on any atom is 0.305 e. The van der Waals surface area contributed by atoms with Crippen molar-refractivity contribution < 1.29 is 19.0 Å². The number of ether oxygens (including phenoxy) is 3. The summed E-state index contributed by atoms with van der Waals surface area (Å²) < 4.78 is 16.3. The van der Waals surface area contributed by atoms with Crippen molar-refractivity contribution in [1.29, 1.82) is 0 Å². The highest BCUT2D eigenvalue weighted by Gasteiger charge is 2.02. The Labute approximate surface area is 206 Å². The smallest absolute Gasteiger partial charge is 0.305 e. The minimum absolute atomic E-state index is 0.0886. The quantitative estimate of drug-likeness (QED) is 0.0846. The van der Waals surface area contributed by atoms with Crippen molar-refractivity contribution in [3.63, 3.8) is 0 Å². The Morgan fingerprint density at radius 3 is 1.27 bits per heavy atom. The molecule has 0 aromatic carbocycles. The Kier molecular flexibility index (Phi) is 28.9. The summed E-state index contributed by atoms with van der Waals surface area (Å²) in [5.74, 6) is -0.0886. The van der Waals surface area contributed by atoms with Crippen molar-refractivity contribution in [3.8, 4) is 0 Å². The van der Waals surface area contributed by atoms with E-state index in [4.69, 9.17) is 14.2 Å². The Balaban J connectivity index is 3.12. The number of esters is 1. The molecule has 33 heavy (non-hydrogen) atoms. The SMILES string of the molecule is CCCCCCCCCCCCCOCCOCCOC(=O)CCCCCCCCCCC. The zero-order valence-corrected chi connectivity index (χ0v) is 22.5. The van der Waals surface area contributed by atoms with Crippen molar-refractivity contribution in [2.75, 3.05) is 33.0 Å². The lowest BCUT2D eigenvalue weighted by atomic mass is 10.1. The topological polar surface area (TPSA) is 44.8 Å². The molecule has 0 unspecified atom stereocenters. The number of hydrogen-bond acceptors (Lipinski definition) is 4. The third-order valence-electron chi connectivity index (χ3n) is 6.24. The summed E-state index contributed by atoms with van der Waals surface area (Å²) in [5, 5.41) is 0. The van der Waals surface area contributed by atoms with Crippen molar-refractivity contribution in [2.24, 2.45) is 0 Å². The largest absolute Gasteiger partial charge is 0.463 e. The van der Waals surface area contributed by atoms with Crippen LogP contribution in [0, 0.1) is 0 Å². The molecule has 0 heterocycles. The fraction of sp³-hybridized carbons (Fsp3) is 0.966. The van der Waals surface area contributed by atoms with Crippen LogP contribution in [0.2, 0.25) is 0 Å². The molecule has 4 nitrogen and oxygen atoms in total. The Morgan fingerprint density at radius 1 is 0.424 bits per heavy atom. The summed E-state index contributed by atoms with van der Waals surface area (Å²) in [5.41, 5.74) is 0. The van der Waals surface area contributed by atoms with Crippen molar-refractivity contribution in [2.45, 2.75) is 149 Å². The lowest BCUT2D eigenvalue weighted by Crippen LogP contribution is -2.13. The normalized spacial score (nSPS) is 11.2. The van der Waals surface area contributed by atoms with Gasteiger partial charge in [0, 0.05) is 13.0 Å². The minimum atomic E-state index is -0.0886. The van der Waals surface area contributed by atoms with Crippen molar-refractivity contribution in [3.05, 3.63) is 0 Å². The molecule has 0 bridgehead atoms. The Hall–Kier alpha value is -0.610. The van der Waals surface area contributed by atoms with Crippen LogP contribution in [0.25, 0.3) is 0 Å². The monoisotopic (exact) mass is 470 g/mol. The van der Waals surface area contributed by atoms with Gasteiger partial charge in [0.25, 0.3) is 0 Å². The van der Waals surface area contributed by atoms with Crippen LogP contribution in [0.5, 0.6) is 0 Å². The molecule has 0 rings (SSSR count). The molecule has 0 aliphatic heterocycles. The van der Waals surface area contributed by atoms with E-state index in [0.29, 0.717) is 32.8 Å². The van der Waals surface area contributed by atoms with Gasteiger partial charge in [0.1, 0.15) is 6.61 Å². The molecule has 0 aromatic heterocycles. The van der Waals surface area contributed by atoms with E-state index in [-0.39, 0.29) is 5.97 Å². The van der Waals surface area contributed by atoms with Crippen LogP contribution in [0.4, 0.5) is 0 Å². The van der Waals surface area contributed by atoms with Crippen LogP contribution in [0.1, 0.15) is 149 Å². The van der Waals surface area contributed by atoms with E-state index >= 15 is 0 Å². The molecule has 0 aliphatic carbocycles. The first-order chi connectivity index (χ1) is 16.3. The van der Waals surface area contributed by atoms with Gasteiger partial charge in [0.2, 0.25) is 0 Å². The van der Waals surface area contributed by atoms with Gasteiger partial charge in [-0.25, -0.2) is 0 Å². The average Bonchev–Trinajstić information content (AvgIpc) is 2.82. The summed E-state index contributed by atoms with van der Waals surface area (Å²) in [6.45, 7) is 7.38. The molecule has 0 fully saturated rings. The standard InChI is InChI=1S/C29H58O4/c1-3-5-7-9-11-13-14-16-18-20-22-24-31-25-26-32-27-28-33-29(30)23-21-19-17-15-12-10-8-6-4-2/h3-28H2,1-2H3. The van der Waals surface area contributed by atoms with E-state index in [1.165, 1.54) is 109 Å². The second-order valence-electron chi connectivity index (χ2n) is 9.56. The van der Waals surface area contributed by atoms with E-state index in [9.17, 15) is 4.79 Å². The molecule has 0 aromatic rings. The molecule has 0 saturated heterocycles. The van der Waals surface area contributed by atoms with Crippen LogP contribution in [-0.4, -0.2) is 39.0 Å². The molecule has 0 atom stereocenters. The summed E-state index contributed by atoms with van der Waals surface area (Å²) in [7, 11) is 0. The molecule has 4 heteroatoms. The highest BCUT2D eigenvalue weighted by atomic mass is 16.6. The van der Waals surface area contributed by atoms with Gasteiger partial charge in [0.05, 0.1) is 19.8 Å². The number of carbonyl (C=O) groups excluding carboxylic acids is 1. The summed E-state index contributed by atoms with van der Waals surface area (Å²) in [4.78, 5) is 11.7. The second-order valence-corrected chi connectivity index (χ2v) is 9.56. The maximum absolute atomic E-state index is 11.7. The lowest BCUT2D eigenvalue weighted by Gasteiger charge is -2.07. The lowest BCUT2D eigenvalue weighted by molar-refractivity contribution is -0.145. The average molecular weight is 471 g/mol. The molecular weight excluding hydrogens is 412 g/mol. The van der Waals surface area contributed by atoms with Crippen LogP contribution < -0.4 is 0 Å². The van der Waals surface area contributed by atoms with Crippen LogP contribution >= 0.6 is 0 Å². The zero-order valence-electron chi connectivity index (χ0n) is 22.5. The fourth-order valence-corrected chi connectivity index (χ4v) is 4.06. The second kappa shape index (κ2) is 29.4. The van der Waals surface area contributed by atoms with Gasteiger partial charge in [-0.1, -0.05) is 129 Å². The van der Waals surface area contributed by atoms with Crippen molar-refractivity contribution >= 4 is 5.97 Å². The van der Waals surface area contributed by atoms with Gasteiger partial charge >= 0.3 is 5.97 Å². The molecule has 0 spiro atoms. The predicted molar refractivity (Wildman–Crippen MR) is 141 cm³/mol. The Bertz CT molecular complexity index is 373. The molecule has 0 radical (unpaired) electrons. The number of rotatable bonds is 28. The van der Waals surface area contributed by atoms with Gasteiger partial charge in [-0.05, 0) is 12.8 Å². The van der Waals surface area contributed by atoms with Crippen LogP contribution in [-0.2, 0) is 19.0 Å². The van der Waals surface area contributed by atoms with Gasteiger partial charge < -0.3 is 14.2 Å². The van der Waals surface area contributed by atoms with Gasteiger partial charge in [-0.15, -0.1) is 0 Å². The van der Waals surface area contributed by atoms with Gasteiger partial charge in [-0.3, -0.25) is 4.79 Å². The van der Waals surface area contributed by atoms with Crippen molar-refractivity contribution in [1.82, 2.24) is 0 Å². The first kappa shape index (κ1) is 32.4. The minimum Gasteiger partial charge on any atom is -0.463 e. The molecule has 0 aliphatic rings. The zero-order chi connectivity index (χ0) is 24.1. The highest BCUT2D eigenvalue weighted by Crippen LogP contribution is 2.12. The first-order valence-electron chi connectivity index (χ1n) is 14.6. The third kappa shape index (κ3) is 29.4. The fourth-order valence-electron chi connectivity index (χ4n) is 4.06. The van der Waals surface area contributed by atoms with Crippen LogP contribution in [0.15, 0.2) is 0 Å². The van der Waals surface area contributed by atoms with E-state index in [2.05, 4.69) is 13.8 Å². The molecule has 0 amide bonds. The number of carbonyl (C=O) groups is 1. The number of unbranched alkanes of at least 4 members (excludes halogenated alkanes) is 18. The van der Waals surface area contributed by atoms with Gasteiger partial charge in [0.15, 0.2) is 0 Å². The molecular formula is C29H58O4. The first-order valence-corrected chi connectivity index (χ1v) is 14.6. The van der Waals surface area contributed by atoms with Crippen LogP contribution in [0.3, 0.4) is 0 Å². The van der Waals surface area contributed by atoms with E-state index < -0.39 is 0 Å². The predicted octanol–water partition coefficient (Wildman–Crippen LogP) is 8.79. The Morgan fingerprint density at radius 2 is 0.788 bits per heavy atom. The third-order valence-corrected chi connectivity index (χ3v) is 6.24. The summed E-state index contributed by atoms with van der Waals surface area (Å²) in [6.07, 6.45) is 26.8. The summed E-state index contributed by atoms with van der Waals surface area (Å²) >= 11 is 0. The van der Waals surface area contributed by atoms with Gasteiger partial charge in [-0.2, -0.15) is 0 Å². The highest BCUT2D eigenvalue weighted by molar-refractivity contribution is 5.69. The van der Waals surface area contributed by atoms with E-state index in [1.807, 2.05) is 0 Å². The molecule has 0 saturated carbocycles. The van der Waals surface area contributed by atoms with E-state index in [0.717, 1.165) is 25.9 Å². The number of hydrogen-bond donors (Lipinski definition) is 0. The van der Waals surface area contributed by atoms with E-state index in [1.54, 1.807) is 0 Å². The maximum atomic E-state index is 11.7. The molecule has 198 valence electrons. The molecule has 0 N–H and O–H groups in total.